The zero-order valence-electron chi connectivity index (χ0n) is 17.2. The second-order valence-corrected chi connectivity index (χ2v) is 11.4. The molecule has 0 N–H and O–H groups in total. The SMILES string of the molecule is CC1(C)C(=O)OC2C1N(S(=O)(=O)C(F)(F)F)C=C(/C=C\c1ccccc1)N2S(=O)(=O)C(F)(F)F. The van der Waals surface area contributed by atoms with Crippen LogP contribution < -0.4 is 0 Å². The second-order valence-electron chi connectivity index (χ2n) is 7.79. The Morgan fingerprint density at radius 3 is 1.94 bits per heavy atom. The average molecular weight is 534 g/mol. The minimum atomic E-state index is -6.35. The minimum absolute atomic E-state index is 0.0937. The van der Waals surface area contributed by atoms with Crippen molar-refractivity contribution in [3.05, 3.63) is 53.9 Å². The van der Waals surface area contributed by atoms with Crippen molar-refractivity contribution >= 4 is 32.1 Å². The maximum atomic E-state index is 13.5. The van der Waals surface area contributed by atoms with Crippen molar-refractivity contribution in [2.24, 2.45) is 5.41 Å². The maximum absolute atomic E-state index is 13.5. The van der Waals surface area contributed by atoms with Crippen molar-refractivity contribution in [1.29, 1.82) is 0 Å². The summed E-state index contributed by atoms with van der Waals surface area (Å²) in [5.41, 5.74) is -14.9. The third-order valence-electron chi connectivity index (χ3n) is 5.15. The third kappa shape index (κ3) is 4.01. The van der Waals surface area contributed by atoms with Crippen LogP contribution in [0, 0.1) is 5.41 Å². The van der Waals surface area contributed by atoms with Crippen LogP contribution in [0.5, 0.6) is 0 Å². The number of nitrogens with zero attached hydrogens (tertiary/aromatic N) is 2. The van der Waals surface area contributed by atoms with Gasteiger partial charge in [0.1, 0.15) is 6.04 Å². The van der Waals surface area contributed by atoms with Crippen molar-refractivity contribution in [3.8, 4) is 0 Å². The maximum Gasteiger partial charge on any atom is 0.516 e. The lowest BCUT2D eigenvalue weighted by Gasteiger charge is -2.43. The number of sulfonamides is 2. The highest BCUT2D eigenvalue weighted by atomic mass is 32.2. The number of halogens is 6. The Morgan fingerprint density at radius 2 is 1.44 bits per heavy atom. The number of fused-ring (bicyclic) bond motifs is 1. The highest BCUT2D eigenvalue weighted by Gasteiger charge is 2.67. The number of rotatable bonds is 4. The van der Waals surface area contributed by atoms with Gasteiger partial charge >= 0.3 is 37.0 Å². The Labute approximate surface area is 190 Å². The van der Waals surface area contributed by atoms with E-state index in [1.165, 1.54) is 24.3 Å². The molecule has 0 aliphatic carbocycles. The van der Waals surface area contributed by atoms with Crippen LogP contribution in [0.1, 0.15) is 19.4 Å². The monoisotopic (exact) mass is 534 g/mol. The third-order valence-corrected chi connectivity index (χ3v) is 8.14. The van der Waals surface area contributed by atoms with E-state index in [0.29, 0.717) is 11.6 Å². The van der Waals surface area contributed by atoms with Crippen LogP contribution in [-0.4, -0.2) is 54.7 Å². The van der Waals surface area contributed by atoms with E-state index in [9.17, 15) is 48.0 Å². The molecule has 1 aromatic carbocycles. The fraction of sp³-hybridized carbons (Fsp3) is 0.389. The molecular formula is C18H16F6N2O6S2. The predicted octanol–water partition coefficient (Wildman–Crippen LogP) is 3.14. The van der Waals surface area contributed by atoms with E-state index in [0.717, 1.165) is 19.9 Å². The summed E-state index contributed by atoms with van der Waals surface area (Å²) in [5, 5.41) is 0. The molecule has 0 saturated carbocycles. The summed E-state index contributed by atoms with van der Waals surface area (Å²) in [6.45, 7) is 1.85. The average Bonchev–Trinajstić information content (AvgIpc) is 2.93. The van der Waals surface area contributed by atoms with E-state index < -0.39 is 64.7 Å². The van der Waals surface area contributed by atoms with Gasteiger partial charge in [-0.3, -0.25) is 9.10 Å². The number of esters is 1. The zero-order valence-corrected chi connectivity index (χ0v) is 18.8. The predicted molar refractivity (Wildman–Crippen MR) is 105 cm³/mol. The van der Waals surface area contributed by atoms with Gasteiger partial charge < -0.3 is 4.74 Å². The first-order chi connectivity index (χ1) is 15.3. The standard InChI is InChI=1S/C18H16F6N2O6S2/c1-16(2)13-14(32-15(16)27)26(34(30,31)18(22,23)24)12(9-8-11-6-4-3-5-7-11)10-25(13)33(28,29)17(19,20)21/h3-10,13-14H,1-2H3/b9-8-. The molecule has 8 nitrogen and oxygen atoms in total. The van der Waals surface area contributed by atoms with Crippen molar-refractivity contribution in [2.75, 3.05) is 0 Å². The van der Waals surface area contributed by atoms with Gasteiger partial charge in [-0.2, -0.15) is 43.2 Å². The number of ether oxygens (including phenoxy) is 1. The van der Waals surface area contributed by atoms with E-state index in [1.54, 1.807) is 6.07 Å². The summed E-state index contributed by atoms with van der Waals surface area (Å²) in [5.74, 6) is -1.39. The van der Waals surface area contributed by atoms with Crippen LogP contribution in [-0.2, 0) is 29.6 Å². The Hall–Kier alpha value is -2.75. The highest BCUT2D eigenvalue weighted by molar-refractivity contribution is 7.90. The Balaban J connectivity index is 2.33. The fourth-order valence-electron chi connectivity index (χ4n) is 3.43. The largest absolute Gasteiger partial charge is 0.516 e. The van der Waals surface area contributed by atoms with Crippen molar-refractivity contribution < 1.29 is 52.7 Å². The smallest absolute Gasteiger partial charge is 0.438 e. The molecule has 1 fully saturated rings. The van der Waals surface area contributed by atoms with Gasteiger partial charge in [0, 0.05) is 6.20 Å². The molecule has 0 amide bonds. The van der Waals surface area contributed by atoms with Gasteiger partial charge in [0.15, 0.2) is 0 Å². The van der Waals surface area contributed by atoms with Crippen molar-refractivity contribution in [1.82, 2.24) is 8.61 Å². The molecule has 1 aromatic rings. The number of carbonyl (C=O) groups is 1. The molecule has 2 aliphatic rings. The number of benzene rings is 1. The first-order valence-corrected chi connectivity index (χ1v) is 12.1. The van der Waals surface area contributed by atoms with E-state index in [-0.39, 0.29) is 10.5 Å². The summed E-state index contributed by atoms with van der Waals surface area (Å²) in [4.78, 5) is 12.3. The van der Waals surface area contributed by atoms with E-state index >= 15 is 0 Å². The lowest BCUT2D eigenvalue weighted by molar-refractivity contribution is -0.150. The lowest BCUT2D eigenvalue weighted by Crippen LogP contribution is -2.61. The first kappa shape index (κ1) is 25.9. The second kappa shape index (κ2) is 7.90. The Kier molecular flexibility index (Phi) is 6.01. The topological polar surface area (TPSA) is 101 Å². The lowest BCUT2D eigenvalue weighted by atomic mass is 9.85. The van der Waals surface area contributed by atoms with Crippen LogP contribution in [0.3, 0.4) is 0 Å². The number of hydrogen-bond donors (Lipinski definition) is 0. The molecule has 16 heteroatoms. The number of alkyl halides is 6. The van der Waals surface area contributed by atoms with Crippen LogP contribution in [0.15, 0.2) is 48.3 Å². The molecule has 2 heterocycles. The van der Waals surface area contributed by atoms with E-state index in [2.05, 4.69) is 0 Å². The van der Waals surface area contributed by atoms with Gasteiger partial charge in [0.25, 0.3) is 0 Å². The van der Waals surface area contributed by atoms with Gasteiger partial charge in [-0.1, -0.05) is 36.4 Å². The molecule has 0 spiro atoms. The molecule has 34 heavy (non-hydrogen) atoms. The van der Waals surface area contributed by atoms with Gasteiger partial charge in [-0.15, -0.1) is 0 Å². The van der Waals surface area contributed by atoms with Gasteiger partial charge in [-0.25, -0.2) is 4.31 Å². The molecule has 0 radical (unpaired) electrons. The first-order valence-electron chi connectivity index (χ1n) is 9.20. The molecule has 0 aromatic heterocycles. The van der Waals surface area contributed by atoms with Crippen LogP contribution in [0.25, 0.3) is 6.08 Å². The molecule has 0 bridgehead atoms. The molecule has 1 saturated heterocycles. The fourth-order valence-corrected chi connectivity index (χ4v) is 5.62. The minimum Gasteiger partial charge on any atom is -0.438 e. The number of carbonyl (C=O) groups excluding carboxylic acids is 1. The Morgan fingerprint density at radius 1 is 0.912 bits per heavy atom. The Bertz CT molecular complexity index is 1250. The molecule has 2 unspecified atom stereocenters. The number of allylic oxidation sites excluding steroid dienone is 1. The highest BCUT2D eigenvalue weighted by Crippen LogP contribution is 2.48. The summed E-state index contributed by atoms with van der Waals surface area (Å²) >= 11 is 0. The van der Waals surface area contributed by atoms with Crippen molar-refractivity contribution in [3.63, 3.8) is 0 Å². The summed E-state index contributed by atoms with van der Waals surface area (Å²) in [6.07, 6.45) is -0.749. The molecule has 188 valence electrons. The van der Waals surface area contributed by atoms with Crippen LogP contribution in [0.4, 0.5) is 26.3 Å². The van der Waals surface area contributed by atoms with Crippen molar-refractivity contribution in [2.45, 2.75) is 37.1 Å². The molecule has 2 atom stereocenters. The van der Waals surface area contributed by atoms with Gasteiger partial charge in [0.05, 0.1) is 11.1 Å². The molecule has 2 aliphatic heterocycles. The van der Waals surface area contributed by atoms with E-state index in [1.807, 2.05) is 0 Å². The molecule has 3 rings (SSSR count). The van der Waals surface area contributed by atoms with Crippen LogP contribution in [0.2, 0.25) is 0 Å². The molecular weight excluding hydrogens is 518 g/mol. The number of hydrogen-bond acceptors (Lipinski definition) is 6. The normalized spacial score (nSPS) is 23.6. The van der Waals surface area contributed by atoms with Gasteiger partial charge in [0.2, 0.25) is 6.23 Å². The summed E-state index contributed by atoms with van der Waals surface area (Å²) in [6, 6.07) is 5.19. The quantitative estimate of drug-likeness (QED) is 0.435. The van der Waals surface area contributed by atoms with E-state index in [4.69, 9.17) is 4.74 Å². The van der Waals surface area contributed by atoms with Gasteiger partial charge in [-0.05, 0) is 25.5 Å². The zero-order chi connectivity index (χ0) is 25.9. The summed E-state index contributed by atoms with van der Waals surface area (Å²) in [7, 11) is -12.6. The van der Waals surface area contributed by atoms with Crippen LogP contribution >= 0.6 is 0 Å². The summed E-state index contributed by atoms with van der Waals surface area (Å²) < 4.78 is 134.